The second-order valence-corrected chi connectivity index (χ2v) is 12.6. The van der Waals surface area contributed by atoms with E-state index in [0.29, 0.717) is 17.1 Å². The molecule has 4 aromatic rings. The Labute approximate surface area is 257 Å². The van der Waals surface area contributed by atoms with Crippen LogP contribution in [-0.4, -0.2) is 34.7 Å². The topological polar surface area (TPSA) is 88.1 Å². The standard InChI is InChI=1S/C35H39F2N5O2/c1-22-5-12-27(13-6-22)42-32(21-31(41-42)35(2,3)4)40-34(44)39-26-10-8-24(9-11-26)33(25-15-17-38-18-16-25)30(43)20-23-7-14-28(36)29(37)19-23/h5-14,19,21,25,33,38H,15-18,20H2,1-4H3,(H2,39,40,44). The number of carbonyl (C=O) groups is 2. The number of rotatable bonds is 8. The van der Waals surface area contributed by atoms with Crippen molar-refractivity contribution in [3.05, 3.63) is 107 Å². The van der Waals surface area contributed by atoms with Gasteiger partial charge in [0.15, 0.2) is 11.6 Å². The average Bonchev–Trinajstić information content (AvgIpc) is 3.41. The van der Waals surface area contributed by atoms with Crippen LogP contribution in [0.3, 0.4) is 0 Å². The lowest BCUT2D eigenvalue weighted by Crippen LogP contribution is -2.34. The zero-order valence-electron chi connectivity index (χ0n) is 25.6. The Hall–Kier alpha value is -4.37. The third-order valence-electron chi connectivity index (χ3n) is 8.09. The van der Waals surface area contributed by atoms with Crippen LogP contribution in [0.1, 0.15) is 61.9 Å². The molecule has 0 aliphatic carbocycles. The second-order valence-electron chi connectivity index (χ2n) is 12.6. The summed E-state index contributed by atoms with van der Waals surface area (Å²) in [5.41, 5.74) is 4.44. The molecule has 2 amide bonds. The SMILES string of the molecule is Cc1ccc(-n2nc(C(C)(C)C)cc2NC(=O)Nc2ccc(C(C(=O)Cc3ccc(F)c(F)c3)C3CCNCC3)cc2)cc1. The summed E-state index contributed by atoms with van der Waals surface area (Å²) in [5.74, 6) is -1.67. The highest BCUT2D eigenvalue weighted by Crippen LogP contribution is 2.34. The fourth-order valence-corrected chi connectivity index (χ4v) is 5.63. The Morgan fingerprint density at radius 3 is 2.25 bits per heavy atom. The fraction of sp³-hybridized carbons (Fsp3) is 0.343. The fourth-order valence-electron chi connectivity index (χ4n) is 5.63. The molecular weight excluding hydrogens is 560 g/mol. The number of halogens is 2. The van der Waals surface area contributed by atoms with E-state index >= 15 is 0 Å². The van der Waals surface area contributed by atoms with E-state index in [9.17, 15) is 18.4 Å². The van der Waals surface area contributed by atoms with Crippen molar-refractivity contribution >= 4 is 23.3 Å². The van der Waals surface area contributed by atoms with Gasteiger partial charge in [-0.3, -0.25) is 10.1 Å². The molecule has 1 aliphatic rings. The number of aromatic nitrogens is 2. The van der Waals surface area contributed by atoms with Crippen molar-refractivity contribution in [1.29, 1.82) is 0 Å². The lowest BCUT2D eigenvalue weighted by atomic mass is 9.76. The summed E-state index contributed by atoms with van der Waals surface area (Å²) < 4.78 is 29.0. The molecule has 1 fully saturated rings. The maximum absolute atomic E-state index is 13.8. The normalized spacial score (nSPS) is 14.7. The van der Waals surface area contributed by atoms with Gasteiger partial charge >= 0.3 is 6.03 Å². The summed E-state index contributed by atoms with van der Waals surface area (Å²) in [4.78, 5) is 26.7. The number of piperidine rings is 1. The number of urea groups is 1. The molecule has 3 N–H and O–H groups in total. The van der Waals surface area contributed by atoms with E-state index in [1.54, 1.807) is 16.8 Å². The molecule has 1 unspecified atom stereocenters. The van der Waals surface area contributed by atoms with Gasteiger partial charge in [-0.25, -0.2) is 18.3 Å². The molecule has 9 heteroatoms. The molecule has 1 aliphatic heterocycles. The number of hydrogen-bond donors (Lipinski definition) is 3. The van der Waals surface area contributed by atoms with Crippen LogP contribution in [0, 0.1) is 24.5 Å². The number of nitrogens with one attached hydrogen (secondary N) is 3. The van der Waals surface area contributed by atoms with Crippen LogP contribution in [0.25, 0.3) is 5.69 Å². The molecule has 1 atom stereocenters. The molecule has 0 radical (unpaired) electrons. The molecule has 44 heavy (non-hydrogen) atoms. The molecule has 2 heterocycles. The third kappa shape index (κ3) is 7.39. The zero-order valence-corrected chi connectivity index (χ0v) is 25.6. The van der Waals surface area contributed by atoms with E-state index in [-0.39, 0.29) is 23.5 Å². The molecule has 0 saturated carbocycles. The van der Waals surface area contributed by atoms with E-state index in [0.717, 1.165) is 60.6 Å². The lowest BCUT2D eigenvalue weighted by molar-refractivity contribution is -0.121. The quantitative estimate of drug-likeness (QED) is 0.198. The minimum absolute atomic E-state index is 0.0133. The Kier molecular flexibility index (Phi) is 9.25. The number of nitrogens with zero attached hydrogens (tertiary/aromatic N) is 2. The van der Waals surface area contributed by atoms with Crippen LogP contribution in [0.2, 0.25) is 0 Å². The minimum atomic E-state index is -0.959. The van der Waals surface area contributed by atoms with Crippen molar-refractivity contribution in [1.82, 2.24) is 15.1 Å². The summed E-state index contributed by atoms with van der Waals surface area (Å²) in [7, 11) is 0. The number of hydrogen-bond acceptors (Lipinski definition) is 4. The van der Waals surface area contributed by atoms with Crippen LogP contribution >= 0.6 is 0 Å². The Morgan fingerprint density at radius 2 is 1.61 bits per heavy atom. The van der Waals surface area contributed by atoms with Crippen molar-refractivity contribution in [2.24, 2.45) is 5.92 Å². The van der Waals surface area contributed by atoms with E-state index in [1.165, 1.54) is 6.07 Å². The predicted octanol–water partition coefficient (Wildman–Crippen LogP) is 7.30. The highest BCUT2D eigenvalue weighted by molar-refractivity contribution is 5.99. The molecule has 7 nitrogen and oxygen atoms in total. The van der Waals surface area contributed by atoms with Gasteiger partial charge in [-0.05, 0) is 86.3 Å². The van der Waals surface area contributed by atoms with Crippen LogP contribution in [-0.2, 0) is 16.6 Å². The minimum Gasteiger partial charge on any atom is -0.317 e. The molecule has 1 saturated heterocycles. The van der Waals surface area contributed by atoms with E-state index in [4.69, 9.17) is 5.10 Å². The molecule has 230 valence electrons. The molecule has 0 bridgehead atoms. The van der Waals surface area contributed by atoms with Crippen molar-refractivity contribution in [3.63, 3.8) is 0 Å². The predicted molar refractivity (Wildman–Crippen MR) is 169 cm³/mol. The maximum Gasteiger partial charge on any atom is 0.324 e. The van der Waals surface area contributed by atoms with Crippen molar-refractivity contribution in [2.75, 3.05) is 23.7 Å². The van der Waals surface area contributed by atoms with Gasteiger partial charge in [0.2, 0.25) is 0 Å². The summed E-state index contributed by atoms with van der Waals surface area (Å²) in [5, 5.41) is 13.9. The number of amides is 2. The molecular formula is C35H39F2N5O2. The van der Waals surface area contributed by atoms with E-state index in [2.05, 4.69) is 36.7 Å². The van der Waals surface area contributed by atoms with Crippen molar-refractivity contribution in [2.45, 2.75) is 58.3 Å². The number of benzene rings is 3. The Morgan fingerprint density at radius 1 is 0.932 bits per heavy atom. The van der Waals surface area contributed by atoms with Gasteiger partial charge in [-0.1, -0.05) is 56.7 Å². The summed E-state index contributed by atoms with van der Waals surface area (Å²) in [6.07, 6.45) is 1.68. The van der Waals surface area contributed by atoms with Crippen molar-refractivity contribution < 1.29 is 18.4 Å². The lowest BCUT2D eigenvalue weighted by Gasteiger charge is -2.30. The molecule has 0 spiro atoms. The maximum atomic E-state index is 13.8. The first-order valence-electron chi connectivity index (χ1n) is 15.0. The Balaban J connectivity index is 1.32. The first-order valence-corrected chi connectivity index (χ1v) is 15.0. The van der Waals surface area contributed by atoms with Crippen molar-refractivity contribution in [3.8, 4) is 5.69 Å². The van der Waals surface area contributed by atoms with Gasteiger partial charge in [0.05, 0.1) is 11.4 Å². The van der Waals surface area contributed by atoms with Crippen LogP contribution in [0.4, 0.5) is 25.1 Å². The third-order valence-corrected chi connectivity index (χ3v) is 8.09. The van der Waals surface area contributed by atoms with Crippen LogP contribution < -0.4 is 16.0 Å². The highest BCUT2D eigenvalue weighted by Gasteiger charge is 2.31. The highest BCUT2D eigenvalue weighted by atomic mass is 19.2. The number of Topliss-reactive ketones (excluding diaryl/α,β-unsaturated/α-hetero) is 1. The van der Waals surface area contributed by atoms with Gasteiger partial charge in [-0.2, -0.15) is 5.10 Å². The average molecular weight is 600 g/mol. The summed E-state index contributed by atoms with van der Waals surface area (Å²) >= 11 is 0. The number of ketones is 1. The van der Waals surface area contributed by atoms with Crippen LogP contribution in [0.5, 0.6) is 0 Å². The first kappa shape index (κ1) is 31.1. The van der Waals surface area contributed by atoms with Gasteiger partial charge in [0.25, 0.3) is 0 Å². The second kappa shape index (κ2) is 13.1. The number of carbonyl (C=O) groups excluding carboxylic acids is 2. The van der Waals surface area contributed by atoms with Gasteiger partial charge in [-0.15, -0.1) is 0 Å². The molecule has 3 aromatic carbocycles. The number of aryl methyl sites for hydroxylation is 1. The Bertz CT molecular complexity index is 1620. The van der Waals surface area contributed by atoms with Crippen LogP contribution in [0.15, 0.2) is 72.8 Å². The van der Waals surface area contributed by atoms with Gasteiger partial charge in [0, 0.05) is 29.5 Å². The largest absolute Gasteiger partial charge is 0.324 e. The smallest absolute Gasteiger partial charge is 0.317 e. The monoisotopic (exact) mass is 599 g/mol. The van der Waals surface area contributed by atoms with Gasteiger partial charge in [0.1, 0.15) is 11.6 Å². The number of anilines is 2. The first-order chi connectivity index (χ1) is 21.0. The molecule has 5 rings (SSSR count). The summed E-state index contributed by atoms with van der Waals surface area (Å²) in [6.45, 7) is 9.85. The summed E-state index contributed by atoms with van der Waals surface area (Å²) in [6, 6.07) is 20.3. The van der Waals surface area contributed by atoms with E-state index in [1.807, 2.05) is 49.4 Å². The zero-order chi connectivity index (χ0) is 31.4. The van der Waals surface area contributed by atoms with E-state index < -0.39 is 23.6 Å². The molecule has 1 aromatic heterocycles. The van der Waals surface area contributed by atoms with Gasteiger partial charge < -0.3 is 10.6 Å².